The Hall–Kier alpha value is -3.87. The molecule has 0 aromatic carbocycles. The molecule has 0 aromatic heterocycles. The second-order valence-corrected chi connectivity index (χ2v) is 33.1. The molecule has 0 N–H and O–H groups in total. The lowest BCUT2D eigenvalue weighted by Crippen LogP contribution is -2.53. The Morgan fingerprint density at radius 3 is 0.742 bits per heavy atom. The average Bonchev–Trinajstić information content (AvgIpc) is 1.40. The van der Waals surface area contributed by atoms with Crippen molar-refractivity contribution in [2.45, 2.75) is 349 Å². The Balaban J connectivity index is 0.000000648. The molecule has 4 saturated carbocycles. The van der Waals surface area contributed by atoms with E-state index in [1.807, 2.05) is 111 Å². The summed E-state index contributed by atoms with van der Waals surface area (Å²) in [6, 6.07) is 0. The van der Waals surface area contributed by atoms with Gasteiger partial charge in [-0.3, -0.25) is 28.8 Å². The summed E-state index contributed by atoms with van der Waals surface area (Å²) in [6.45, 7) is 52.5. The maximum absolute atomic E-state index is 12.6. The summed E-state index contributed by atoms with van der Waals surface area (Å²) in [5, 5.41) is 0. The lowest BCUT2D eigenvalue weighted by molar-refractivity contribution is -0.198. The fourth-order valence-corrected chi connectivity index (χ4v) is 12.8. The molecule has 0 spiro atoms. The zero-order chi connectivity index (χ0) is 74.3. The van der Waals surface area contributed by atoms with Crippen molar-refractivity contribution >= 4 is 41.8 Å². The van der Waals surface area contributed by atoms with E-state index >= 15 is 0 Å². The van der Waals surface area contributed by atoms with Crippen LogP contribution in [0.15, 0.2) is 0 Å². The van der Waals surface area contributed by atoms with Crippen LogP contribution in [0.3, 0.4) is 0 Å². The number of carbonyl (C=O) groups excluding carboxylic acids is 7. The zero-order valence-electron chi connectivity index (χ0n) is 66.3. The maximum atomic E-state index is 12.6. The summed E-state index contributed by atoms with van der Waals surface area (Å²) in [7, 11) is 0. The molecule has 18 heteroatoms. The summed E-state index contributed by atoms with van der Waals surface area (Å²) < 4.78 is 62.4. The van der Waals surface area contributed by atoms with Gasteiger partial charge in [0, 0.05) is 48.1 Å². The first kappa shape index (κ1) is 91.1. The SMILES string of the molecule is CCOCC(C)(C)C1(OC(=O)C(C)(C)CC)CCCCC1.CCOCC(C)(C)C1(OC(=O)CCOC(=O)C(C)(C)CC)CCCC1.CCOCC(C)(C)C1(OC(=O)CCOC(=O)C(C)(C)CC)CCCCC1.CCOCC(C)(C)C1(OC(=O)COC(=O)C(C)(C)CC)CCCCC1. The molecule has 4 rings (SSSR count). The number of hydrogen-bond donors (Lipinski definition) is 0. The zero-order valence-corrected chi connectivity index (χ0v) is 66.3. The van der Waals surface area contributed by atoms with Crippen LogP contribution in [-0.4, -0.2) is 137 Å². The van der Waals surface area contributed by atoms with Crippen molar-refractivity contribution in [3.05, 3.63) is 0 Å². The second-order valence-electron chi connectivity index (χ2n) is 33.1. The Morgan fingerprint density at radius 2 is 0.495 bits per heavy atom. The minimum absolute atomic E-state index is 0.0588. The van der Waals surface area contributed by atoms with Crippen LogP contribution >= 0.6 is 0 Å². The quantitative estimate of drug-likeness (QED) is 0.0420. The molecule has 0 saturated heterocycles. The lowest BCUT2D eigenvalue weighted by atomic mass is 9.67. The number of carbonyl (C=O) groups is 7. The van der Waals surface area contributed by atoms with Crippen molar-refractivity contribution in [3.63, 3.8) is 0 Å². The molecular weight excluding hydrogens is 1240 g/mol. The largest absolute Gasteiger partial charge is 0.465 e. The number of esters is 7. The topological polar surface area (TPSA) is 221 Å². The predicted octanol–water partition coefficient (Wildman–Crippen LogP) is 17.9. The van der Waals surface area contributed by atoms with Gasteiger partial charge in [0.05, 0.1) is 60.9 Å². The lowest BCUT2D eigenvalue weighted by Gasteiger charge is -2.49. The molecule has 97 heavy (non-hydrogen) atoms. The monoisotopic (exact) mass is 1380 g/mol. The third kappa shape index (κ3) is 27.8. The summed E-state index contributed by atoms with van der Waals surface area (Å²) in [6.07, 6.45) is 22.2. The Labute approximate surface area is 590 Å². The van der Waals surface area contributed by atoms with Crippen LogP contribution in [0.5, 0.6) is 0 Å². The fraction of sp³-hybridized carbons (Fsp3) is 0.911. The van der Waals surface area contributed by atoms with Gasteiger partial charge < -0.3 is 52.1 Å². The molecule has 0 unspecified atom stereocenters. The van der Waals surface area contributed by atoms with Gasteiger partial charge in [-0.25, -0.2) is 4.79 Å². The smallest absolute Gasteiger partial charge is 0.344 e. The van der Waals surface area contributed by atoms with E-state index in [-0.39, 0.29) is 95.7 Å². The predicted molar refractivity (Wildman–Crippen MR) is 383 cm³/mol. The normalized spacial score (nSPS) is 18.0. The van der Waals surface area contributed by atoms with Gasteiger partial charge in [-0.05, 0) is 212 Å². The molecule has 0 radical (unpaired) electrons. The molecule has 4 aliphatic carbocycles. The molecule has 0 aromatic rings. The highest BCUT2D eigenvalue weighted by Crippen LogP contribution is 2.50. The molecule has 0 heterocycles. The highest BCUT2D eigenvalue weighted by Gasteiger charge is 2.54. The molecule has 18 nitrogen and oxygen atoms in total. The van der Waals surface area contributed by atoms with E-state index in [1.54, 1.807) is 0 Å². The first-order valence-electron chi connectivity index (χ1n) is 37.7. The van der Waals surface area contributed by atoms with Crippen LogP contribution in [0, 0.1) is 43.3 Å². The molecule has 4 fully saturated rings. The minimum Gasteiger partial charge on any atom is -0.465 e. The molecule has 0 bridgehead atoms. The van der Waals surface area contributed by atoms with Crippen LogP contribution in [-0.2, 0) is 85.7 Å². The molecule has 4 aliphatic rings. The Kier molecular flexibility index (Phi) is 38.8. The van der Waals surface area contributed by atoms with E-state index in [0.29, 0.717) is 72.1 Å². The van der Waals surface area contributed by atoms with Crippen molar-refractivity contribution < 1.29 is 85.7 Å². The highest BCUT2D eigenvalue weighted by atomic mass is 16.6. The van der Waals surface area contributed by atoms with E-state index in [4.69, 9.17) is 52.1 Å². The van der Waals surface area contributed by atoms with Crippen LogP contribution in [0.25, 0.3) is 0 Å². The van der Waals surface area contributed by atoms with Gasteiger partial charge >= 0.3 is 41.8 Å². The summed E-state index contributed by atoms with van der Waals surface area (Å²) >= 11 is 0. The molecule has 0 atom stereocenters. The van der Waals surface area contributed by atoms with Gasteiger partial charge in [0.25, 0.3) is 0 Å². The van der Waals surface area contributed by atoms with Crippen LogP contribution in [0.4, 0.5) is 0 Å². The fourth-order valence-electron chi connectivity index (χ4n) is 12.8. The van der Waals surface area contributed by atoms with Gasteiger partial charge in [0.1, 0.15) is 35.6 Å². The summed E-state index contributed by atoms with van der Waals surface area (Å²) in [5.41, 5.74) is -4.86. The van der Waals surface area contributed by atoms with Crippen LogP contribution < -0.4 is 0 Å². The van der Waals surface area contributed by atoms with Crippen molar-refractivity contribution in [3.8, 4) is 0 Å². The first-order valence-corrected chi connectivity index (χ1v) is 37.7. The van der Waals surface area contributed by atoms with Crippen LogP contribution in [0.2, 0.25) is 0 Å². The Bertz CT molecular complexity index is 2340. The van der Waals surface area contributed by atoms with Gasteiger partial charge in [0.15, 0.2) is 6.61 Å². The standard InChI is InChI=1S/C21H38O5.2C20H36O5.C18H34O3/c1-7-19(3,4)18(23)25-15-12-17(22)26-21(13-10-9-11-14-21)20(5,6)16-24-8-2;1-7-18(3,4)17(22)24-14-11-16(21)25-20(12-9-10-13-20)19(5,6)15-23-8-2;1-7-18(3,4)17(22)24-14-16(21)25-20(12-10-9-11-13-20)19(5,6)15-23-8-2;1-7-16(3,4)15(19)21-18(12-10-9-11-13-18)17(5,6)14-20-8-2/h7-16H2,1-6H3;2*7-15H2,1-6H3;7-14H2,1-6H3. The third-order valence-electron chi connectivity index (χ3n) is 22.4. The number of hydrogen-bond acceptors (Lipinski definition) is 18. The third-order valence-corrected chi connectivity index (χ3v) is 22.4. The maximum Gasteiger partial charge on any atom is 0.344 e. The molecule has 0 amide bonds. The van der Waals surface area contributed by atoms with Crippen molar-refractivity contribution in [1.82, 2.24) is 0 Å². The van der Waals surface area contributed by atoms with Gasteiger partial charge in [0.2, 0.25) is 0 Å². The minimum atomic E-state index is -0.586. The van der Waals surface area contributed by atoms with E-state index in [2.05, 4.69) is 55.4 Å². The van der Waals surface area contributed by atoms with Crippen molar-refractivity contribution in [2.75, 3.05) is 72.7 Å². The van der Waals surface area contributed by atoms with E-state index in [0.717, 1.165) is 116 Å². The van der Waals surface area contributed by atoms with Crippen molar-refractivity contribution in [2.24, 2.45) is 43.3 Å². The van der Waals surface area contributed by atoms with Gasteiger partial charge in [-0.15, -0.1) is 0 Å². The second kappa shape index (κ2) is 41.3. The average molecular weight is 1380 g/mol. The van der Waals surface area contributed by atoms with Crippen molar-refractivity contribution in [1.29, 1.82) is 0 Å². The highest BCUT2D eigenvalue weighted by molar-refractivity contribution is 5.80. The Morgan fingerprint density at radius 1 is 0.278 bits per heavy atom. The van der Waals surface area contributed by atoms with Crippen LogP contribution in [0.1, 0.15) is 327 Å². The molecular formula is C79H144O18. The van der Waals surface area contributed by atoms with E-state index in [9.17, 15) is 33.6 Å². The molecule has 0 aliphatic heterocycles. The number of rotatable bonds is 36. The summed E-state index contributed by atoms with van der Waals surface area (Å²) in [4.78, 5) is 85.9. The first-order chi connectivity index (χ1) is 45.0. The summed E-state index contributed by atoms with van der Waals surface area (Å²) in [5.74, 6) is -2.01. The number of ether oxygens (including phenoxy) is 11. The molecule has 568 valence electrons. The van der Waals surface area contributed by atoms with Gasteiger partial charge in [-0.1, -0.05) is 102 Å². The van der Waals surface area contributed by atoms with E-state index in [1.165, 1.54) is 12.8 Å². The van der Waals surface area contributed by atoms with Gasteiger partial charge in [-0.2, -0.15) is 0 Å². The van der Waals surface area contributed by atoms with E-state index < -0.39 is 44.4 Å².